The minimum Gasteiger partial charge on any atom is -0.497 e. The largest absolute Gasteiger partial charge is 0.497 e. The molecule has 0 aliphatic carbocycles. The number of benzene rings is 1. The molecule has 1 aromatic rings. The number of methoxy groups -OCH3 is 1. The number of carbonyl (C=O) groups excluding carboxylic acids is 1. The van der Waals surface area contributed by atoms with E-state index < -0.39 is 5.97 Å². The minimum absolute atomic E-state index is 0.0273. The summed E-state index contributed by atoms with van der Waals surface area (Å²) in [4.78, 5) is 22.9. The first-order valence-electron chi connectivity index (χ1n) is 6.02. The maximum absolute atomic E-state index is 11.8. The molecule has 0 spiro atoms. The topological polar surface area (TPSA) is 87.7 Å². The van der Waals surface area contributed by atoms with E-state index in [0.717, 1.165) is 13.1 Å². The highest BCUT2D eigenvalue weighted by Gasteiger charge is 2.21. The Kier molecular flexibility index (Phi) is 4.01. The van der Waals surface area contributed by atoms with E-state index in [2.05, 4.69) is 10.6 Å². The summed E-state index contributed by atoms with van der Waals surface area (Å²) in [5, 5.41) is 14.8. The van der Waals surface area contributed by atoms with E-state index in [0.29, 0.717) is 23.8 Å². The van der Waals surface area contributed by atoms with Crippen LogP contribution in [0.15, 0.2) is 18.2 Å². The fraction of sp³-hybridized carbons (Fsp3) is 0.385. The van der Waals surface area contributed by atoms with Crippen molar-refractivity contribution in [3.8, 4) is 5.75 Å². The van der Waals surface area contributed by atoms with E-state index >= 15 is 0 Å². The molecule has 6 heteroatoms. The summed E-state index contributed by atoms with van der Waals surface area (Å²) in [5.41, 5.74) is 0.324. The molecular weight excluding hydrogens is 248 g/mol. The lowest BCUT2D eigenvalue weighted by Gasteiger charge is -2.26. The summed E-state index contributed by atoms with van der Waals surface area (Å²) in [7, 11) is 1.46. The predicted octanol–water partition coefficient (Wildman–Crippen LogP) is 0.941. The summed E-state index contributed by atoms with van der Waals surface area (Å²) in [5.74, 6) is -0.483. The molecular formula is C13H16N2O4. The van der Waals surface area contributed by atoms with Gasteiger partial charge in [0.1, 0.15) is 5.75 Å². The number of amides is 1. The molecule has 1 aliphatic heterocycles. The van der Waals surface area contributed by atoms with Gasteiger partial charge in [0.15, 0.2) is 0 Å². The number of carboxylic acids is 1. The Morgan fingerprint density at radius 3 is 2.74 bits per heavy atom. The molecule has 0 unspecified atom stereocenters. The van der Waals surface area contributed by atoms with Crippen LogP contribution in [0.2, 0.25) is 0 Å². The van der Waals surface area contributed by atoms with Gasteiger partial charge in [-0.25, -0.2) is 4.79 Å². The second kappa shape index (κ2) is 5.71. The number of hydrogen-bond donors (Lipinski definition) is 3. The fourth-order valence-corrected chi connectivity index (χ4v) is 1.89. The number of hydrogen-bond acceptors (Lipinski definition) is 4. The number of ether oxygens (including phenoxy) is 1. The Bertz CT molecular complexity index is 497. The second-order valence-electron chi connectivity index (χ2n) is 4.49. The van der Waals surface area contributed by atoms with Crippen LogP contribution in [0.1, 0.15) is 16.8 Å². The second-order valence-corrected chi connectivity index (χ2v) is 4.49. The van der Waals surface area contributed by atoms with Gasteiger partial charge in [0.05, 0.1) is 18.4 Å². The number of rotatable bonds is 5. The molecule has 0 atom stereocenters. The summed E-state index contributed by atoms with van der Waals surface area (Å²) in [6.07, 6.45) is 0.401. The molecule has 0 aromatic heterocycles. The molecule has 3 N–H and O–H groups in total. The third kappa shape index (κ3) is 3.23. The Hall–Kier alpha value is -2.08. The van der Waals surface area contributed by atoms with Crippen molar-refractivity contribution in [3.63, 3.8) is 0 Å². The number of nitrogens with one attached hydrogen (secondary N) is 2. The first-order chi connectivity index (χ1) is 9.10. The average Bonchev–Trinajstić information content (AvgIpc) is 2.34. The van der Waals surface area contributed by atoms with E-state index in [1.165, 1.54) is 13.2 Å². The lowest BCUT2D eigenvalue weighted by Crippen LogP contribution is -2.43. The number of anilines is 1. The van der Waals surface area contributed by atoms with Crippen molar-refractivity contribution in [2.75, 3.05) is 25.5 Å². The molecule has 1 aromatic carbocycles. The van der Waals surface area contributed by atoms with Crippen molar-refractivity contribution in [2.45, 2.75) is 6.42 Å². The van der Waals surface area contributed by atoms with Crippen LogP contribution in [0.25, 0.3) is 0 Å². The first kappa shape index (κ1) is 13.4. The van der Waals surface area contributed by atoms with E-state index in [1.54, 1.807) is 12.1 Å². The third-order valence-electron chi connectivity index (χ3n) is 3.07. The van der Waals surface area contributed by atoms with Gasteiger partial charge in [-0.1, -0.05) is 0 Å². The Balaban J connectivity index is 2.09. The molecule has 1 fully saturated rings. The quantitative estimate of drug-likeness (QED) is 0.736. The first-order valence-corrected chi connectivity index (χ1v) is 6.02. The number of carbonyl (C=O) groups is 2. The Morgan fingerprint density at radius 1 is 1.47 bits per heavy atom. The van der Waals surface area contributed by atoms with Gasteiger partial charge < -0.3 is 20.5 Å². The predicted molar refractivity (Wildman–Crippen MR) is 69.6 cm³/mol. The van der Waals surface area contributed by atoms with Gasteiger partial charge in [0.25, 0.3) is 0 Å². The maximum atomic E-state index is 11.8. The van der Waals surface area contributed by atoms with Crippen molar-refractivity contribution < 1.29 is 19.4 Å². The van der Waals surface area contributed by atoms with E-state index in [4.69, 9.17) is 9.84 Å². The molecule has 1 amide bonds. The lowest BCUT2D eigenvalue weighted by atomic mass is 9.99. The maximum Gasteiger partial charge on any atom is 0.337 e. The Morgan fingerprint density at radius 2 is 2.21 bits per heavy atom. The van der Waals surface area contributed by atoms with Crippen LogP contribution < -0.4 is 15.4 Å². The SMILES string of the molecule is COc1ccc(NC(=O)CC2CNC2)c(C(=O)O)c1. The summed E-state index contributed by atoms with van der Waals surface area (Å²) in [6, 6.07) is 4.55. The highest BCUT2D eigenvalue weighted by molar-refractivity contribution is 6.00. The molecule has 6 nitrogen and oxygen atoms in total. The normalized spacial score (nSPS) is 14.6. The van der Waals surface area contributed by atoms with Crippen molar-refractivity contribution in [1.82, 2.24) is 5.32 Å². The van der Waals surface area contributed by atoms with Crippen LogP contribution in [-0.2, 0) is 4.79 Å². The van der Waals surface area contributed by atoms with Crippen molar-refractivity contribution in [3.05, 3.63) is 23.8 Å². The molecule has 0 saturated carbocycles. The average molecular weight is 264 g/mol. The van der Waals surface area contributed by atoms with Crippen molar-refractivity contribution in [1.29, 1.82) is 0 Å². The summed E-state index contributed by atoms with van der Waals surface area (Å²) in [6.45, 7) is 1.67. The molecule has 0 radical (unpaired) electrons. The van der Waals surface area contributed by atoms with Gasteiger partial charge in [0.2, 0.25) is 5.91 Å². The van der Waals surface area contributed by atoms with Gasteiger partial charge in [-0.15, -0.1) is 0 Å². The summed E-state index contributed by atoms with van der Waals surface area (Å²) >= 11 is 0. The zero-order chi connectivity index (χ0) is 13.8. The molecule has 1 saturated heterocycles. The zero-order valence-electron chi connectivity index (χ0n) is 10.6. The zero-order valence-corrected chi connectivity index (χ0v) is 10.6. The lowest BCUT2D eigenvalue weighted by molar-refractivity contribution is -0.117. The van der Waals surface area contributed by atoms with E-state index in [-0.39, 0.29) is 11.5 Å². The molecule has 0 bridgehead atoms. The Labute approximate surface area is 110 Å². The number of aromatic carboxylic acids is 1. The van der Waals surface area contributed by atoms with E-state index in [1.807, 2.05) is 0 Å². The third-order valence-corrected chi connectivity index (χ3v) is 3.07. The highest BCUT2D eigenvalue weighted by atomic mass is 16.5. The highest BCUT2D eigenvalue weighted by Crippen LogP contribution is 2.22. The molecule has 2 rings (SSSR count). The molecule has 19 heavy (non-hydrogen) atoms. The van der Waals surface area contributed by atoms with E-state index in [9.17, 15) is 9.59 Å². The fourth-order valence-electron chi connectivity index (χ4n) is 1.89. The van der Waals surface area contributed by atoms with Gasteiger partial charge in [-0.05, 0) is 37.2 Å². The van der Waals surface area contributed by atoms with Crippen molar-refractivity contribution in [2.24, 2.45) is 5.92 Å². The minimum atomic E-state index is -1.10. The van der Waals surface area contributed by atoms with Crippen LogP contribution in [0.4, 0.5) is 5.69 Å². The van der Waals surface area contributed by atoms with Crippen LogP contribution in [0, 0.1) is 5.92 Å². The molecule has 1 heterocycles. The van der Waals surface area contributed by atoms with Gasteiger partial charge in [-0.3, -0.25) is 4.79 Å². The van der Waals surface area contributed by atoms with Crippen LogP contribution >= 0.6 is 0 Å². The molecule has 1 aliphatic rings. The van der Waals surface area contributed by atoms with Crippen LogP contribution in [0.3, 0.4) is 0 Å². The molecule has 102 valence electrons. The van der Waals surface area contributed by atoms with Gasteiger partial charge >= 0.3 is 5.97 Å². The van der Waals surface area contributed by atoms with Gasteiger partial charge in [-0.2, -0.15) is 0 Å². The number of carboxylic acid groups (broad SMARTS) is 1. The van der Waals surface area contributed by atoms with Crippen LogP contribution in [-0.4, -0.2) is 37.2 Å². The van der Waals surface area contributed by atoms with Crippen molar-refractivity contribution >= 4 is 17.6 Å². The summed E-state index contributed by atoms with van der Waals surface area (Å²) < 4.78 is 4.97. The van der Waals surface area contributed by atoms with Gasteiger partial charge in [0, 0.05) is 6.42 Å². The monoisotopic (exact) mass is 264 g/mol. The standard InChI is InChI=1S/C13H16N2O4/c1-19-9-2-3-11(10(5-9)13(17)18)15-12(16)4-8-6-14-7-8/h2-3,5,8,14H,4,6-7H2,1H3,(H,15,16)(H,17,18). The smallest absolute Gasteiger partial charge is 0.337 e. The van der Waals surface area contributed by atoms with Crippen LogP contribution in [0.5, 0.6) is 5.75 Å².